The van der Waals surface area contributed by atoms with Crippen molar-refractivity contribution in [2.45, 2.75) is 19.9 Å². The minimum absolute atomic E-state index is 0.0565. The molecular formula is C20H20N2O2. The molecule has 1 aliphatic heterocycles. The number of hydrogen-bond donors (Lipinski definition) is 1. The molecule has 1 N–H and O–H groups in total. The molecule has 0 bridgehead atoms. The molecule has 0 unspecified atom stereocenters. The summed E-state index contributed by atoms with van der Waals surface area (Å²) in [5, 5.41) is 1.22. The second-order valence-electron chi connectivity index (χ2n) is 6.34. The van der Waals surface area contributed by atoms with Crippen molar-refractivity contribution in [2.75, 3.05) is 13.7 Å². The molecule has 0 saturated heterocycles. The van der Waals surface area contributed by atoms with Crippen LogP contribution in [0.25, 0.3) is 10.9 Å². The summed E-state index contributed by atoms with van der Waals surface area (Å²) in [4.78, 5) is 18.3. The van der Waals surface area contributed by atoms with Crippen LogP contribution in [0.1, 0.15) is 27.2 Å². The quantitative estimate of drug-likeness (QED) is 0.783. The fourth-order valence-electron chi connectivity index (χ4n) is 3.45. The molecule has 24 heavy (non-hydrogen) atoms. The number of nitrogens with one attached hydrogen (secondary N) is 1. The zero-order valence-corrected chi connectivity index (χ0v) is 13.9. The second-order valence-corrected chi connectivity index (χ2v) is 6.34. The first-order valence-electron chi connectivity index (χ1n) is 8.19. The summed E-state index contributed by atoms with van der Waals surface area (Å²) < 4.78 is 5.23. The van der Waals surface area contributed by atoms with Crippen LogP contribution in [-0.4, -0.2) is 29.4 Å². The zero-order valence-electron chi connectivity index (χ0n) is 13.9. The first-order chi connectivity index (χ1) is 11.7. The number of amides is 1. The molecule has 4 heteroatoms. The van der Waals surface area contributed by atoms with Gasteiger partial charge >= 0.3 is 0 Å². The molecule has 0 spiro atoms. The number of hydrogen-bond acceptors (Lipinski definition) is 2. The Hall–Kier alpha value is -2.75. The minimum Gasteiger partial charge on any atom is -0.497 e. The summed E-state index contributed by atoms with van der Waals surface area (Å²) in [5.41, 5.74) is 5.58. The standard InChI is InChI=1S/C20H20N2O2/c1-13-6-7-16-17-12-22(9-8-18(17)21-19(16)10-13)20(23)14-4-3-5-15(11-14)24-2/h3-7,10-11,21H,8-9,12H2,1-2H3. The molecule has 0 saturated carbocycles. The Balaban J connectivity index is 1.66. The maximum atomic E-state index is 12.8. The number of ether oxygens (including phenoxy) is 1. The maximum Gasteiger partial charge on any atom is 0.254 e. The van der Waals surface area contributed by atoms with E-state index in [1.54, 1.807) is 13.2 Å². The summed E-state index contributed by atoms with van der Waals surface area (Å²) in [6.07, 6.45) is 0.860. The number of aromatic amines is 1. The number of carbonyl (C=O) groups excluding carboxylic acids is 1. The number of carbonyl (C=O) groups is 1. The van der Waals surface area contributed by atoms with Gasteiger partial charge in [-0.25, -0.2) is 0 Å². The van der Waals surface area contributed by atoms with Crippen LogP contribution in [0.2, 0.25) is 0 Å². The van der Waals surface area contributed by atoms with Crippen LogP contribution in [0.15, 0.2) is 42.5 Å². The molecule has 1 amide bonds. The van der Waals surface area contributed by atoms with E-state index in [4.69, 9.17) is 4.74 Å². The van der Waals surface area contributed by atoms with Crippen molar-refractivity contribution in [3.8, 4) is 5.75 Å². The van der Waals surface area contributed by atoms with Gasteiger partial charge in [0.1, 0.15) is 5.75 Å². The van der Waals surface area contributed by atoms with E-state index in [1.165, 1.54) is 22.2 Å². The van der Waals surface area contributed by atoms with Gasteiger partial charge in [0.2, 0.25) is 0 Å². The summed E-state index contributed by atoms with van der Waals surface area (Å²) in [7, 11) is 1.62. The van der Waals surface area contributed by atoms with Crippen LogP contribution >= 0.6 is 0 Å². The first kappa shape index (κ1) is 14.8. The van der Waals surface area contributed by atoms with E-state index in [9.17, 15) is 4.79 Å². The molecule has 0 aliphatic carbocycles. The van der Waals surface area contributed by atoms with Gasteiger partial charge in [0.05, 0.1) is 7.11 Å². The predicted molar refractivity (Wildman–Crippen MR) is 94.5 cm³/mol. The van der Waals surface area contributed by atoms with Crippen molar-refractivity contribution >= 4 is 16.8 Å². The molecule has 0 atom stereocenters. The maximum absolute atomic E-state index is 12.8. The molecule has 2 heterocycles. The van der Waals surface area contributed by atoms with Crippen molar-refractivity contribution in [3.63, 3.8) is 0 Å². The Morgan fingerprint density at radius 1 is 1.21 bits per heavy atom. The third-order valence-corrected chi connectivity index (χ3v) is 4.73. The van der Waals surface area contributed by atoms with Crippen molar-refractivity contribution in [3.05, 3.63) is 64.8 Å². The number of aromatic nitrogens is 1. The largest absolute Gasteiger partial charge is 0.497 e. The molecule has 1 aromatic heterocycles. The van der Waals surface area contributed by atoms with Crippen LogP contribution in [0.5, 0.6) is 5.75 Å². The van der Waals surface area contributed by atoms with Gasteiger partial charge in [-0.2, -0.15) is 0 Å². The average molecular weight is 320 g/mol. The highest BCUT2D eigenvalue weighted by Crippen LogP contribution is 2.29. The highest BCUT2D eigenvalue weighted by atomic mass is 16.5. The Bertz CT molecular complexity index is 927. The topological polar surface area (TPSA) is 45.3 Å². The molecule has 1 aliphatic rings. The molecule has 2 aromatic carbocycles. The molecule has 4 rings (SSSR count). The lowest BCUT2D eigenvalue weighted by atomic mass is 10.0. The Morgan fingerprint density at radius 3 is 2.92 bits per heavy atom. The Labute approximate surface area is 141 Å². The van der Waals surface area contributed by atoms with Gasteiger partial charge in [0.25, 0.3) is 5.91 Å². The van der Waals surface area contributed by atoms with Crippen LogP contribution in [-0.2, 0) is 13.0 Å². The summed E-state index contributed by atoms with van der Waals surface area (Å²) in [6.45, 7) is 3.47. The van der Waals surface area contributed by atoms with Gasteiger partial charge in [-0.15, -0.1) is 0 Å². The van der Waals surface area contributed by atoms with Gasteiger partial charge in [-0.1, -0.05) is 18.2 Å². The summed E-state index contributed by atoms with van der Waals surface area (Å²) in [5.74, 6) is 0.766. The van der Waals surface area contributed by atoms with E-state index in [2.05, 4.69) is 30.1 Å². The fourth-order valence-corrected chi connectivity index (χ4v) is 3.45. The number of H-pyrrole nitrogens is 1. The van der Waals surface area contributed by atoms with Gasteiger partial charge < -0.3 is 14.6 Å². The van der Waals surface area contributed by atoms with Gasteiger partial charge in [-0.3, -0.25) is 4.79 Å². The predicted octanol–water partition coefficient (Wildman–Crippen LogP) is 3.68. The van der Waals surface area contributed by atoms with E-state index >= 15 is 0 Å². The van der Waals surface area contributed by atoms with Gasteiger partial charge in [0, 0.05) is 47.2 Å². The summed E-state index contributed by atoms with van der Waals surface area (Å²) in [6, 6.07) is 13.8. The van der Waals surface area contributed by atoms with Crippen molar-refractivity contribution in [1.82, 2.24) is 9.88 Å². The number of rotatable bonds is 2. The first-order valence-corrected chi connectivity index (χ1v) is 8.19. The minimum atomic E-state index is 0.0565. The zero-order chi connectivity index (χ0) is 16.7. The monoisotopic (exact) mass is 320 g/mol. The van der Waals surface area contributed by atoms with E-state index < -0.39 is 0 Å². The van der Waals surface area contributed by atoms with Crippen LogP contribution < -0.4 is 4.74 Å². The van der Waals surface area contributed by atoms with Crippen LogP contribution in [0.4, 0.5) is 0 Å². The van der Waals surface area contributed by atoms with Crippen molar-refractivity contribution < 1.29 is 9.53 Å². The summed E-state index contributed by atoms with van der Waals surface area (Å²) >= 11 is 0. The third kappa shape index (κ3) is 2.44. The van der Waals surface area contributed by atoms with Crippen molar-refractivity contribution in [2.24, 2.45) is 0 Å². The molecule has 0 fully saturated rings. The molecule has 0 radical (unpaired) electrons. The second kappa shape index (κ2) is 5.71. The SMILES string of the molecule is COc1cccc(C(=O)N2CCc3[nH]c4cc(C)ccc4c3C2)c1. The lowest BCUT2D eigenvalue weighted by molar-refractivity contribution is 0.0734. The number of benzene rings is 2. The van der Waals surface area contributed by atoms with E-state index in [1.807, 2.05) is 23.1 Å². The van der Waals surface area contributed by atoms with Crippen LogP contribution in [0, 0.1) is 6.92 Å². The lowest BCUT2D eigenvalue weighted by Gasteiger charge is -2.27. The Kier molecular flexibility index (Phi) is 3.53. The fraction of sp³-hybridized carbons (Fsp3) is 0.250. The van der Waals surface area contributed by atoms with E-state index in [0.717, 1.165) is 18.5 Å². The van der Waals surface area contributed by atoms with Gasteiger partial charge in [0.15, 0.2) is 0 Å². The lowest BCUT2D eigenvalue weighted by Crippen LogP contribution is -2.35. The Morgan fingerprint density at radius 2 is 2.08 bits per heavy atom. The smallest absolute Gasteiger partial charge is 0.254 e. The highest BCUT2D eigenvalue weighted by Gasteiger charge is 2.25. The average Bonchev–Trinajstić information content (AvgIpc) is 2.97. The number of nitrogens with zero attached hydrogens (tertiary/aromatic N) is 1. The number of aryl methyl sites for hydroxylation is 1. The van der Waals surface area contributed by atoms with Crippen LogP contribution in [0.3, 0.4) is 0 Å². The third-order valence-electron chi connectivity index (χ3n) is 4.73. The van der Waals surface area contributed by atoms with Crippen molar-refractivity contribution in [1.29, 1.82) is 0 Å². The van der Waals surface area contributed by atoms with E-state index in [0.29, 0.717) is 17.9 Å². The molecular weight excluding hydrogens is 300 g/mol. The highest BCUT2D eigenvalue weighted by molar-refractivity contribution is 5.95. The normalized spacial score (nSPS) is 13.8. The number of fused-ring (bicyclic) bond motifs is 3. The molecule has 3 aromatic rings. The number of methoxy groups -OCH3 is 1. The van der Waals surface area contributed by atoms with Gasteiger partial charge in [-0.05, 0) is 36.8 Å². The molecule has 122 valence electrons. The van der Waals surface area contributed by atoms with E-state index in [-0.39, 0.29) is 5.91 Å². The molecule has 4 nitrogen and oxygen atoms in total.